The van der Waals surface area contributed by atoms with Crippen molar-refractivity contribution >= 4 is 16.8 Å². The third kappa shape index (κ3) is 5.25. The number of methoxy groups -OCH3 is 2. The number of aromatic nitrogens is 2. The molecule has 0 radical (unpaired) electrons. The second kappa shape index (κ2) is 11.2. The zero-order valence-electron chi connectivity index (χ0n) is 20.6. The number of benzene rings is 2. The zero-order valence-corrected chi connectivity index (χ0v) is 20.6. The van der Waals surface area contributed by atoms with Gasteiger partial charge in [-0.05, 0) is 31.3 Å². The van der Waals surface area contributed by atoms with E-state index in [9.17, 15) is 9.18 Å². The maximum atomic E-state index is 15.2. The number of nitrogens with two attached hydrogens (primary N) is 1. The number of ether oxygens (including phenoxy) is 4. The second-order valence-corrected chi connectivity index (χ2v) is 7.89. The van der Waals surface area contributed by atoms with Crippen molar-refractivity contribution in [1.29, 1.82) is 0 Å². The molecule has 0 saturated heterocycles. The first-order chi connectivity index (χ1) is 18.3. The van der Waals surface area contributed by atoms with Gasteiger partial charge in [-0.3, -0.25) is 9.78 Å². The number of hydrogen-bond donors (Lipinski definition) is 2. The van der Waals surface area contributed by atoms with Crippen molar-refractivity contribution in [2.45, 2.75) is 0 Å². The van der Waals surface area contributed by atoms with Crippen LogP contribution in [0.3, 0.4) is 0 Å². The van der Waals surface area contributed by atoms with E-state index in [0.717, 1.165) is 18.2 Å². The fourth-order valence-electron chi connectivity index (χ4n) is 3.76. The molecule has 0 aliphatic heterocycles. The van der Waals surface area contributed by atoms with Gasteiger partial charge in [0.1, 0.15) is 23.7 Å². The summed E-state index contributed by atoms with van der Waals surface area (Å²) < 4.78 is 66.1. The molecule has 0 fully saturated rings. The lowest BCUT2D eigenvalue weighted by Gasteiger charge is -2.15. The van der Waals surface area contributed by atoms with Gasteiger partial charge in [-0.15, -0.1) is 0 Å². The Kier molecular flexibility index (Phi) is 7.82. The molecule has 0 spiro atoms. The normalized spacial score (nSPS) is 10.9. The minimum atomic E-state index is -1.13. The van der Waals surface area contributed by atoms with Crippen molar-refractivity contribution in [2.24, 2.45) is 5.73 Å². The summed E-state index contributed by atoms with van der Waals surface area (Å²) in [6.45, 7) is 0.978. The molecule has 2 aromatic carbocycles. The molecule has 9 nitrogen and oxygen atoms in total. The number of rotatable bonds is 10. The summed E-state index contributed by atoms with van der Waals surface area (Å²) in [5.41, 5.74) is 4.85. The van der Waals surface area contributed by atoms with Crippen LogP contribution < -0.4 is 30.0 Å². The highest BCUT2D eigenvalue weighted by Crippen LogP contribution is 2.39. The zero-order chi connectivity index (χ0) is 27.4. The maximum absolute atomic E-state index is 15.2. The van der Waals surface area contributed by atoms with E-state index in [-0.39, 0.29) is 28.3 Å². The van der Waals surface area contributed by atoms with Gasteiger partial charge < -0.3 is 30.0 Å². The lowest BCUT2D eigenvalue weighted by molar-refractivity contribution is 0.0997. The lowest BCUT2D eigenvalue weighted by atomic mass is 10.0. The SMILES string of the molecule is CNCCOc1cc2nccc(Oc3c(F)cc(-c4nc(F)cc(OC)c4C(N)=O)cc3F)c2cc1OC. The number of halogens is 3. The van der Waals surface area contributed by atoms with Crippen LogP contribution in [-0.2, 0) is 0 Å². The Morgan fingerprint density at radius 2 is 1.68 bits per heavy atom. The van der Waals surface area contributed by atoms with Gasteiger partial charge in [0.05, 0.1) is 25.4 Å². The molecule has 3 N–H and O–H groups in total. The van der Waals surface area contributed by atoms with E-state index in [1.165, 1.54) is 26.5 Å². The van der Waals surface area contributed by atoms with Gasteiger partial charge in [0.15, 0.2) is 28.9 Å². The van der Waals surface area contributed by atoms with Crippen molar-refractivity contribution < 1.29 is 36.9 Å². The molecule has 198 valence electrons. The molecular formula is C26H23F3N4O5. The summed E-state index contributed by atoms with van der Waals surface area (Å²) in [4.78, 5) is 19.9. The smallest absolute Gasteiger partial charge is 0.254 e. The average molecular weight is 528 g/mol. The Balaban J connectivity index is 1.75. The highest BCUT2D eigenvalue weighted by molar-refractivity contribution is 6.01. The maximum Gasteiger partial charge on any atom is 0.254 e. The lowest BCUT2D eigenvalue weighted by Crippen LogP contribution is -2.16. The summed E-state index contributed by atoms with van der Waals surface area (Å²) in [5, 5.41) is 3.37. The number of nitrogens with one attached hydrogen (secondary N) is 1. The number of nitrogens with zero attached hydrogens (tertiary/aromatic N) is 2. The average Bonchev–Trinajstić information content (AvgIpc) is 2.89. The van der Waals surface area contributed by atoms with Crippen LogP contribution in [0.25, 0.3) is 22.2 Å². The standard InChI is InChI=1S/C26H23F3N4O5/c1-31-6-7-37-20-11-17-14(10-19(20)35-2)18(4-5-32-17)38-25-15(27)8-13(9-16(25)28)24-23(26(30)34)21(36-3)12-22(29)33-24/h4-5,8-12,31H,6-7H2,1-3H3,(H2,30,34). The number of hydrogen-bond acceptors (Lipinski definition) is 8. The molecular weight excluding hydrogens is 505 g/mol. The van der Waals surface area contributed by atoms with Gasteiger partial charge in [-0.2, -0.15) is 4.39 Å². The number of pyridine rings is 2. The fraction of sp³-hybridized carbons (Fsp3) is 0.192. The van der Waals surface area contributed by atoms with Crippen LogP contribution in [0.1, 0.15) is 10.4 Å². The van der Waals surface area contributed by atoms with E-state index < -0.39 is 29.2 Å². The molecule has 0 aliphatic carbocycles. The van der Waals surface area contributed by atoms with Crippen molar-refractivity contribution in [3.63, 3.8) is 0 Å². The Morgan fingerprint density at radius 1 is 0.974 bits per heavy atom. The quantitative estimate of drug-likeness (QED) is 0.232. The van der Waals surface area contributed by atoms with Gasteiger partial charge in [0.25, 0.3) is 5.91 Å². The number of carbonyl (C=O) groups is 1. The topological polar surface area (TPSA) is 118 Å². The molecule has 0 unspecified atom stereocenters. The van der Waals surface area contributed by atoms with Gasteiger partial charge in [0.2, 0.25) is 5.95 Å². The van der Waals surface area contributed by atoms with Crippen LogP contribution in [0.2, 0.25) is 0 Å². The summed E-state index contributed by atoms with van der Waals surface area (Å²) in [6, 6.07) is 7.18. The van der Waals surface area contributed by atoms with Crippen molar-refractivity contribution in [2.75, 3.05) is 34.4 Å². The van der Waals surface area contributed by atoms with Crippen molar-refractivity contribution in [3.8, 4) is 40.0 Å². The summed E-state index contributed by atoms with van der Waals surface area (Å²) in [7, 11) is 4.44. The largest absolute Gasteiger partial charge is 0.496 e. The number of carbonyl (C=O) groups excluding carboxylic acids is 1. The van der Waals surface area contributed by atoms with Crippen LogP contribution in [-0.4, -0.2) is 50.3 Å². The molecule has 12 heteroatoms. The van der Waals surface area contributed by atoms with Crippen LogP contribution in [0.15, 0.2) is 42.6 Å². The van der Waals surface area contributed by atoms with Crippen molar-refractivity contribution in [3.05, 3.63) is 65.7 Å². The number of primary amides is 1. The van der Waals surface area contributed by atoms with Gasteiger partial charge >= 0.3 is 0 Å². The number of likely N-dealkylation sites (N-methyl/N-ethyl adjacent to an activating group) is 1. The number of fused-ring (bicyclic) bond motifs is 1. The molecule has 0 aliphatic rings. The Hall–Kier alpha value is -4.58. The third-order valence-electron chi connectivity index (χ3n) is 5.50. The molecule has 1 amide bonds. The summed E-state index contributed by atoms with van der Waals surface area (Å²) in [5.74, 6) is -4.40. The van der Waals surface area contributed by atoms with Crippen molar-refractivity contribution in [1.82, 2.24) is 15.3 Å². The second-order valence-electron chi connectivity index (χ2n) is 7.89. The van der Waals surface area contributed by atoms with Crippen LogP contribution in [0.4, 0.5) is 13.2 Å². The van der Waals surface area contributed by atoms with Gasteiger partial charge in [0, 0.05) is 35.8 Å². The van der Waals surface area contributed by atoms with Crippen LogP contribution >= 0.6 is 0 Å². The third-order valence-corrected chi connectivity index (χ3v) is 5.50. The monoisotopic (exact) mass is 528 g/mol. The first-order valence-corrected chi connectivity index (χ1v) is 11.2. The van der Waals surface area contributed by atoms with Crippen LogP contribution in [0, 0.1) is 17.6 Å². The minimum absolute atomic E-state index is 0.0870. The Bertz CT molecular complexity index is 1490. The molecule has 0 atom stereocenters. The molecule has 0 bridgehead atoms. The highest BCUT2D eigenvalue weighted by atomic mass is 19.1. The predicted octanol–water partition coefficient (Wildman–Crippen LogP) is 4.22. The number of amides is 1. The van der Waals surface area contributed by atoms with E-state index in [1.807, 2.05) is 0 Å². The fourth-order valence-corrected chi connectivity index (χ4v) is 3.76. The molecule has 4 aromatic rings. The van der Waals surface area contributed by atoms with E-state index in [4.69, 9.17) is 24.7 Å². The van der Waals surface area contributed by atoms with Gasteiger partial charge in [-0.1, -0.05) is 0 Å². The Morgan fingerprint density at radius 3 is 2.32 bits per heavy atom. The van der Waals surface area contributed by atoms with E-state index >= 15 is 8.78 Å². The van der Waals surface area contributed by atoms with E-state index in [2.05, 4.69) is 15.3 Å². The first kappa shape index (κ1) is 26.5. The van der Waals surface area contributed by atoms with Crippen LogP contribution in [0.5, 0.6) is 28.7 Å². The summed E-state index contributed by atoms with van der Waals surface area (Å²) >= 11 is 0. The molecule has 4 rings (SSSR count). The highest BCUT2D eigenvalue weighted by Gasteiger charge is 2.23. The molecule has 2 aromatic heterocycles. The molecule has 0 saturated carbocycles. The first-order valence-electron chi connectivity index (χ1n) is 11.2. The molecule has 2 heterocycles. The van der Waals surface area contributed by atoms with E-state index in [1.54, 1.807) is 19.2 Å². The van der Waals surface area contributed by atoms with Gasteiger partial charge in [-0.25, -0.2) is 13.8 Å². The van der Waals surface area contributed by atoms with E-state index in [0.29, 0.717) is 35.6 Å². The minimum Gasteiger partial charge on any atom is -0.496 e. The summed E-state index contributed by atoms with van der Waals surface area (Å²) in [6.07, 6.45) is 1.41. The molecule has 38 heavy (non-hydrogen) atoms. The predicted molar refractivity (Wildman–Crippen MR) is 132 cm³/mol. The Labute approximate surface area is 215 Å².